The first-order valence-corrected chi connectivity index (χ1v) is 2.07. The summed E-state index contributed by atoms with van der Waals surface area (Å²) in [6.45, 7) is 0. The Morgan fingerprint density at radius 3 is 1.67 bits per heavy atom. The average molecular weight is 89.1 g/mol. The lowest BCUT2D eigenvalue weighted by Gasteiger charge is -2.17. The quantitative estimate of drug-likeness (QED) is 0.459. The van der Waals surface area contributed by atoms with Gasteiger partial charge in [-0.05, 0) is 19.3 Å². The van der Waals surface area contributed by atoms with Crippen molar-refractivity contribution in [2.24, 2.45) is 0 Å². The lowest BCUT2D eigenvalue weighted by Crippen LogP contribution is -2.15. The molecule has 0 unspecified atom stereocenters. The number of hydrogen-bond acceptors (Lipinski definition) is 2. The number of aliphatic hydroxyl groups is 1. The molecule has 2 nitrogen and oxygen atoms in total. The predicted octanol–water partition coefficient (Wildman–Crippen LogP) is 0.693. The molecule has 4 N–H and O–H groups in total. The van der Waals surface area contributed by atoms with Gasteiger partial charge in [0.1, 0.15) is 0 Å². The van der Waals surface area contributed by atoms with Crippen LogP contribution >= 0.6 is 0 Å². The molecule has 0 spiro atoms. The first-order chi connectivity index (χ1) is 2.39. The van der Waals surface area contributed by atoms with Gasteiger partial charge in [0, 0.05) is 0 Å². The zero-order valence-electron chi connectivity index (χ0n) is 3.85. The second-order valence-electron chi connectivity index (χ2n) is 1.58. The number of rotatable bonds is 0. The summed E-state index contributed by atoms with van der Waals surface area (Å²) in [5.41, 5.74) is 0. The fourth-order valence-corrected chi connectivity index (χ4v) is 0.387. The van der Waals surface area contributed by atoms with Gasteiger partial charge in [-0.1, -0.05) is 0 Å². The topological polar surface area (TPSA) is 55.2 Å². The van der Waals surface area contributed by atoms with Crippen molar-refractivity contribution in [3.8, 4) is 0 Å². The molecule has 1 aliphatic carbocycles. The largest absolute Gasteiger partial charge is 0.393 e. The van der Waals surface area contributed by atoms with E-state index < -0.39 is 0 Å². The molecular formula is C4H11NO. The van der Waals surface area contributed by atoms with Crippen LogP contribution in [0.3, 0.4) is 0 Å². The van der Waals surface area contributed by atoms with Gasteiger partial charge in [-0.15, -0.1) is 0 Å². The Bertz CT molecular complexity index is 34.5. The first kappa shape index (κ1) is 5.92. The fourth-order valence-electron chi connectivity index (χ4n) is 0.387. The van der Waals surface area contributed by atoms with E-state index in [9.17, 15) is 0 Å². The molecule has 1 rings (SSSR count). The Morgan fingerprint density at radius 1 is 1.33 bits per heavy atom. The second kappa shape index (κ2) is 2.16. The summed E-state index contributed by atoms with van der Waals surface area (Å²) in [5, 5.41) is 8.45. The minimum atomic E-state index is 0. The standard InChI is InChI=1S/C4H8O.H3N/c5-4-2-1-3-4;/h4-5H,1-3H2;1H3. The smallest absolute Gasteiger partial charge is 0.0540 e. The lowest BCUT2D eigenvalue weighted by atomic mass is 9.97. The lowest BCUT2D eigenvalue weighted by molar-refractivity contribution is 0.0950. The van der Waals surface area contributed by atoms with Crippen molar-refractivity contribution in [1.82, 2.24) is 6.15 Å². The van der Waals surface area contributed by atoms with Crippen molar-refractivity contribution in [3.63, 3.8) is 0 Å². The van der Waals surface area contributed by atoms with Crippen LogP contribution in [0.4, 0.5) is 0 Å². The van der Waals surface area contributed by atoms with E-state index in [0.29, 0.717) is 0 Å². The zero-order valence-corrected chi connectivity index (χ0v) is 3.85. The molecule has 0 atom stereocenters. The molecule has 38 valence electrons. The van der Waals surface area contributed by atoms with E-state index in [-0.39, 0.29) is 12.3 Å². The van der Waals surface area contributed by atoms with E-state index in [1.807, 2.05) is 0 Å². The highest BCUT2D eigenvalue weighted by atomic mass is 16.3. The SMILES string of the molecule is N.OC1CCC1. The van der Waals surface area contributed by atoms with Gasteiger partial charge in [0.05, 0.1) is 6.10 Å². The molecule has 1 aliphatic rings. The first-order valence-electron chi connectivity index (χ1n) is 2.07. The van der Waals surface area contributed by atoms with Gasteiger partial charge in [-0.3, -0.25) is 0 Å². The molecule has 6 heavy (non-hydrogen) atoms. The van der Waals surface area contributed by atoms with E-state index in [0.717, 1.165) is 12.8 Å². The van der Waals surface area contributed by atoms with Gasteiger partial charge >= 0.3 is 0 Å². The Labute approximate surface area is 37.8 Å². The normalized spacial score (nSPS) is 21.5. The van der Waals surface area contributed by atoms with E-state index in [2.05, 4.69) is 0 Å². The molecule has 1 fully saturated rings. The van der Waals surface area contributed by atoms with Crippen LogP contribution in [0.5, 0.6) is 0 Å². The van der Waals surface area contributed by atoms with Crippen molar-refractivity contribution in [1.29, 1.82) is 0 Å². The fraction of sp³-hybridized carbons (Fsp3) is 1.00. The van der Waals surface area contributed by atoms with Crippen LogP contribution in [0.25, 0.3) is 0 Å². The molecule has 2 heteroatoms. The monoisotopic (exact) mass is 89.1 g/mol. The Kier molecular flexibility index (Phi) is 2.13. The summed E-state index contributed by atoms with van der Waals surface area (Å²) in [4.78, 5) is 0. The van der Waals surface area contributed by atoms with Crippen LogP contribution in [-0.2, 0) is 0 Å². The highest BCUT2D eigenvalue weighted by Gasteiger charge is 2.11. The van der Waals surface area contributed by atoms with Crippen LogP contribution in [0.2, 0.25) is 0 Å². The molecule has 0 aromatic rings. The maximum Gasteiger partial charge on any atom is 0.0540 e. The second-order valence-corrected chi connectivity index (χ2v) is 1.58. The molecule has 0 saturated heterocycles. The van der Waals surface area contributed by atoms with Crippen LogP contribution in [0.1, 0.15) is 19.3 Å². The van der Waals surface area contributed by atoms with Crippen LogP contribution in [-0.4, -0.2) is 11.2 Å². The van der Waals surface area contributed by atoms with Crippen molar-refractivity contribution in [3.05, 3.63) is 0 Å². The molecule has 1 saturated carbocycles. The van der Waals surface area contributed by atoms with E-state index in [4.69, 9.17) is 5.11 Å². The summed E-state index contributed by atoms with van der Waals surface area (Å²) in [6, 6.07) is 0. The van der Waals surface area contributed by atoms with Gasteiger partial charge in [0.25, 0.3) is 0 Å². The minimum absolute atomic E-state index is 0. The minimum Gasteiger partial charge on any atom is -0.393 e. The molecule has 0 aromatic heterocycles. The van der Waals surface area contributed by atoms with Crippen molar-refractivity contribution in [2.45, 2.75) is 25.4 Å². The van der Waals surface area contributed by atoms with Gasteiger partial charge in [0.2, 0.25) is 0 Å². The third-order valence-electron chi connectivity index (χ3n) is 1.07. The van der Waals surface area contributed by atoms with Crippen LogP contribution < -0.4 is 6.15 Å². The molecular weight excluding hydrogens is 78.0 g/mol. The summed E-state index contributed by atoms with van der Waals surface area (Å²) < 4.78 is 0. The Hall–Kier alpha value is -0.0800. The van der Waals surface area contributed by atoms with Crippen LogP contribution in [0, 0.1) is 0 Å². The van der Waals surface area contributed by atoms with Crippen molar-refractivity contribution < 1.29 is 5.11 Å². The van der Waals surface area contributed by atoms with Gasteiger partial charge in [-0.25, -0.2) is 0 Å². The Balaban J connectivity index is 0.000000250. The Morgan fingerprint density at radius 2 is 1.67 bits per heavy atom. The molecule has 0 aliphatic heterocycles. The summed E-state index contributed by atoms with van der Waals surface area (Å²) >= 11 is 0. The number of aliphatic hydroxyl groups excluding tert-OH is 1. The molecule has 0 bridgehead atoms. The highest BCUT2D eigenvalue weighted by Crippen LogP contribution is 2.16. The predicted molar refractivity (Wildman–Crippen MR) is 24.9 cm³/mol. The molecule has 0 heterocycles. The summed E-state index contributed by atoms with van der Waals surface area (Å²) in [6.07, 6.45) is 3.39. The summed E-state index contributed by atoms with van der Waals surface area (Å²) in [7, 11) is 0. The number of hydrogen-bond donors (Lipinski definition) is 2. The van der Waals surface area contributed by atoms with Gasteiger partial charge < -0.3 is 11.3 Å². The third kappa shape index (κ3) is 0.954. The van der Waals surface area contributed by atoms with Crippen molar-refractivity contribution >= 4 is 0 Å². The third-order valence-corrected chi connectivity index (χ3v) is 1.07. The molecule has 0 aromatic carbocycles. The summed E-state index contributed by atoms with van der Waals surface area (Å²) in [5.74, 6) is 0. The van der Waals surface area contributed by atoms with E-state index >= 15 is 0 Å². The van der Waals surface area contributed by atoms with E-state index in [1.54, 1.807) is 0 Å². The maximum atomic E-state index is 8.45. The molecule has 0 radical (unpaired) electrons. The molecule has 0 amide bonds. The van der Waals surface area contributed by atoms with Gasteiger partial charge in [0.15, 0.2) is 0 Å². The van der Waals surface area contributed by atoms with Gasteiger partial charge in [-0.2, -0.15) is 0 Å². The van der Waals surface area contributed by atoms with E-state index in [1.165, 1.54) is 6.42 Å². The average Bonchev–Trinajstić information content (AvgIpc) is 1.30. The van der Waals surface area contributed by atoms with Crippen LogP contribution in [0.15, 0.2) is 0 Å². The van der Waals surface area contributed by atoms with Crippen molar-refractivity contribution in [2.75, 3.05) is 0 Å². The zero-order chi connectivity index (χ0) is 3.70. The maximum absolute atomic E-state index is 8.45. The highest BCUT2D eigenvalue weighted by molar-refractivity contribution is 4.65.